The van der Waals surface area contributed by atoms with Crippen molar-refractivity contribution in [2.45, 2.75) is 0 Å². The van der Waals surface area contributed by atoms with Gasteiger partial charge in [-0.3, -0.25) is 0 Å². The molecule has 64 valence electrons. The predicted molar refractivity (Wildman–Crippen MR) is 58.2 cm³/mol. The lowest BCUT2D eigenvalue weighted by Gasteiger charge is -2.03. The third-order valence-electron chi connectivity index (χ3n) is 1.34. The Bertz CT molecular complexity index is 271. The largest absolute Gasteiger partial charge is 0.497 e. The van der Waals surface area contributed by atoms with Crippen LogP contribution in [0.2, 0.25) is 0 Å². The first kappa shape index (κ1) is 9.35. The van der Waals surface area contributed by atoms with Crippen molar-refractivity contribution in [1.29, 1.82) is 0 Å². The zero-order chi connectivity index (χ0) is 8.97. The summed E-state index contributed by atoms with van der Waals surface area (Å²) in [7, 11) is 1.63. The maximum absolute atomic E-state index is 4.99. The van der Waals surface area contributed by atoms with E-state index < -0.39 is 0 Å². The van der Waals surface area contributed by atoms with Crippen LogP contribution in [0, 0.1) is 0 Å². The fourth-order valence-electron chi connectivity index (χ4n) is 0.798. The SMILES string of the molecule is COc1ccc(NC(=S)S)cc1. The first-order valence-electron chi connectivity index (χ1n) is 3.36. The van der Waals surface area contributed by atoms with Gasteiger partial charge in [-0.05, 0) is 24.3 Å². The van der Waals surface area contributed by atoms with Crippen LogP contribution in [-0.2, 0) is 0 Å². The van der Waals surface area contributed by atoms with Crippen LogP contribution in [-0.4, -0.2) is 11.4 Å². The third-order valence-corrected chi connectivity index (χ3v) is 1.56. The van der Waals surface area contributed by atoms with Gasteiger partial charge in [0.2, 0.25) is 0 Å². The summed E-state index contributed by atoms with van der Waals surface area (Å²) in [5, 5.41) is 2.90. The van der Waals surface area contributed by atoms with Crippen molar-refractivity contribution in [1.82, 2.24) is 0 Å². The van der Waals surface area contributed by atoms with E-state index in [9.17, 15) is 0 Å². The number of anilines is 1. The van der Waals surface area contributed by atoms with Crippen molar-refractivity contribution in [3.63, 3.8) is 0 Å². The highest BCUT2D eigenvalue weighted by molar-refractivity contribution is 8.11. The number of hydrogen-bond donors (Lipinski definition) is 2. The maximum Gasteiger partial charge on any atom is 0.135 e. The minimum absolute atomic E-state index is 0.458. The summed E-state index contributed by atoms with van der Waals surface area (Å²) in [5.74, 6) is 0.825. The summed E-state index contributed by atoms with van der Waals surface area (Å²) >= 11 is 8.71. The molecule has 0 spiro atoms. The molecular formula is C8H9NOS2. The van der Waals surface area contributed by atoms with Gasteiger partial charge in [0.05, 0.1) is 7.11 Å². The Morgan fingerprint density at radius 3 is 2.42 bits per heavy atom. The highest BCUT2D eigenvalue weighted by atomic mass is 32.1. The Labute approximate surface area is 82.3 Å². The number of benzene rings is 1. The molecular weight excluding hydrogens is 190 g/mol. The summed E-state index contributed by atoms with van der Waals surface area (Å²) in [4.78, 5) is 0. The zero-order valence-electron chi connectivity index (χ0n) is 6.57. The summed E-state index contributed by atoms with van der Waals surface area (Å²) < 4.78 is 5.45. The summed E-state index contributed by atoms with van der Waals surface area (Å²) in [6.07, 6.45) is 0. The number of thiocarbonyl (C=S) groups is 1. The Hall–Kier alpha value is -0.740. The minimum Gasteiger partial charge on any atom is -0.497 e. The number of rotatable bonds is 2. The van der Waals surface area contributed by atoms with Gasteiger partial charge in [-0.1, -0.05) is 12.2 Å². The molecule has 12 heavy (non-hydrogen) atoms. The Morgan fingerprint density at radius 1 is 1.42 bits per heavy atom. The van der Waals surface area contributed by atoms with Crippen molar-refractivity contribution >= 4 is 34.9 Å². The molecule has 2 nitrogen and oxygen atoms in total. The van der Waals surface area contributed by atoms with Gasteiger partial charge in [-0.15, -0.1) is 12.6 Å². The summed E-state index contributed by atoms with van der Waals surface area (Å²) in [6.45, 7) is 0. The lowest BCUT2D eigenvalue weighted by atomic mass is 10.3. The van der Waals surface area contributed by atoms with Crippen LogP contribution in [0.15, 0.2) is 24.3 Å². The number of ether oxygens (including phenoxy) is 1. The second kappa shape index (κ2) is 4.33. The van der Waals surface area contributed by atoms with E-state index in [1.165, 1.54) is 0 Å². The summed E-state index contributed by atoms with van der Waals surface area (Å²) in [5.41, 5.74) is 0.913. The molecule has 0 atom stereocenters. The standard InChI is InChI=1S/C8H9NOS2/c1-10-7-4-2-6(3-5-7)9-8(11)12/h2-5H,1H3,(H2,9,11,12). The van der Waals surface area contributed by atoms with E-state index >= 15 is 0 Å². The first-order valence-corrected chi connectivity index (χ1v) is 4.22. The predicted octanol–water partition coefficient (Wildman–Crippen LogP) is 2.32. The summed E-state index contributed by atoms with van der Waals surface area (Å²) in [6, 6.07) is 7.46. The van der Waals surface area contributed by atoms with Gasteiger partial charge >= 0.3 is 0 Å². The maximum atomic E-state index is 4.99. The van der Waals surface area contributed by atoms with Crippen molar-refractivity contribution in [2.24, 2.45) is 0 Å². The highest BCUT2D eigenvalue weighted by Gasteiger charge is 1.93. The van der Waals surface area contributed by atoms with Gasteiger partial charge in [0.15, 0.2) is 0 Å². The lowest BCUT2D eigenvalue weighted by Crippen LogP contribution is -1.99. The smallest absolute Gasteiger partial charge is 0.135 e. The second-order valence-electron chi connectivity index (χ2n) is 2.16. The second-order valence-corrected chi connectivity index (χ2v) is 3.32. The molecule has 0 bridgehead atoms. The minimum atomic E-state index is 0.458. The zero-order valence-corrected chi connectivity index (χ0v) is 8.28. The van der Waals surface area contributed by atoms with E-state index in [-0.39, 0.29) is 0 Å². The first-order chi connectivity index (χ1) is 5.72. The van der Waals surface area contributed by atoms with Gasteiger partial charge in [0.1, 0.15) is 10.1 Å². The van der Waals surface area contributed by atoms with Crippen LogP contribution in [0.1, 0.15) is 0 Å². The molecule has 0 aliphatic heterocycles. The molecule has 1 rings (SSSR count). The number of hydrogen-bond acceptors (Lipinski definition) is 2. The molecule has 0 aliphatic carbocycles. The molecule has 4 heteroatoms. The third kappa shape index (κ3) is 2.71. The lowest BCUT2D eigenvalue weighted by molar-refractivity contribution is 0.415. The Balaban J connectivity index is 2.71. The molecule has 0 aliphatic rings. The van der Waals surface area contributed by atoms with Crippen LogP contribution in [0.3, 0.4) is 0 Å². The molecule has 0 saturated carbocycles. The Morgan fingerprint density at radius 2 is 2.00 bits per heavy atom. The van der Waals surface area contributed by atoms with Crippen molar-refractivity contribution in [3.8, 4) is 5.75 Å². The molecule has 1 aromatic carbocycles. The molecule has 0 aromatic heterocycles. The van der Waals surface area contributed by atoms with E-state index in [4.69, 9.17) is 17.0 Å². The van der Waals surface area contributed by atoms with Gasteiger partial charge < -0.3 is 10.1 Å². The van der Waals surface area contributed by atoms with E-state index in [2.05, 4.69) is 17.9 Å². The molecule has 0 fully saturated rings. The van der Waals surface area contributed by atoms with E-state index in [1.807, 2.05) is 24.3 Å². The molecule has 0 heterocycles. The normalized spacial score (nSPS) is 9.17. The molecule has 1 N–H and O–H groups in total. The number of nitrogens with one attached hydrogen (secondary N) is 1. The molecule has 0 radical (unpaired) electrons. The number of methoxy groups -OCH3 is 1. The van der Waals surface area contributed by atoms with Crippen molar-refractivity contribution in [2.75, 3.05) is 12.4 Å². The average Bonchev–Trinajstić information content (AvgIpc) is 2.05. The van der Waals surface area contributed by atoms with Gasteiger partial charge in [0, 0.05) is 5.69 Å². The van der Waals surface area contributed by atoms with Gasteiger partial charge in [-0.25, -0.2) is 0 Å². The van der Waals surface area contributed by atoms with Gasteiger partial charge in [0.25, 0.3) is 0 Å². The molecule has 1 aromatic rings. The van der Waals surface area contributed by atoms with Crippen LogP contribution < -0.4 is 10.1 Å². The highest BCUT2D eigenvalue weighted by Crippen LogP contribution is 2.15. The van der Waals surface area contributed by atoms with Crippen LogP contribution >= 0.6 is 24.8 Å². The molecule has 0 unspecified atom stereocenters. The van der Waals surface area contributed by atoms with Crippen molar-refractivity contribution < 1.29 is 4.74 Å². The fraction of sp³-hybridized carbons (Fsp3) is 0.125. The van der Waals surface area contributed by atoms with Crippen molar-refractivity contribution in [3.05, 3.63) is 24.3 Å². The topological polar surface area (TPSA) is 21.3 Å². The number of thiol groups is 1. The van der Waals surface area contributed by atoms with Crippen LogP contribution in [0.25, 0.3) is 0 Å². The monoisotopic (exact) mass is 199 g/mol. The van der Waals surface area contributed by atoms with Crippen LogP contribution in [0.5, 0.6) is 5.75 Å². The van der Waals surface area contributed by atoms with Crippen LogP contribution in [0.4, 0.5) is 5.69 Å². The fourth-order valence-corrected chi connectivity index (χ4v) is 1.04. The Kier molecular flexibility index (Phi) is 3.37. The van der Waals surface area contributed by atoms with E-state index in [0.29, 0.717) is 4.32 Å². The molecule has 0 saturated heterocycles. The van der Waals surface area contributed by atoms with Gasteiger partial charge in [-0.2, -0.15) is 0 Å². The molecule has 0 amide bonds. The van der Waals surface area contributed by atoms with E-state index in [0.717, 1.165) is 11.4 Å². The van der Waals surface area contributed by atoms with E-state index in [1.54, 1.807) is 7.11 Å². The quantitative estimate of drug-likeness (QED) is 0.564. The average molecular weight is 199 g/mol.